The summed E-state index contributed by atoms with van der Waals surface area (Å²) < 4.78 is 1.73. The maximum atomic E-state index is 11.2. The monoisotopic (exact) mass is 247 g/mol. The molecule has 1 aromatic rings. The van der Waals surface area contributed by atoms with Crippen LogP contribution < -0.4 is 0 Å². The molecule has 4 bridgehead atoms. The third-order valence-corrected chi connectivity index (χ3v) is 5.67. The molecule has 0 saturated heterocycles. The van der Waals surface area contributed by atoms with Crippen molar-refractivity contribution in [2.45, 2.75) is 44.1 Å². The average Bonchev–Trinajstić information content (AvgIpc) is 2.71. The smallest absolute Gasteiger partial charge is 0.0855 e. The maximum absolute atomic E-state index is 11.2. The molecular formula is C14H21N3O. The van der Waals surface area contributed by atoms with Gasteiger partial charge in [-0.2, -0.15) is 0 Å². The zero-order valence-electron chi connectivity index (χ0n) is 10.9. The van der Waals surface area contributed by atoms with Crippen LogP contribution in [0.15, 0.2) is 6.20 Å². The normalized spacial score (nSPS) is 45.7. The summed E-state index contributed by atoms with van der Waals surface area (Å²) in [7, 11) is 1.89. The number of nitrogens with zero attached hydrogens (tertiary/aromatic N) is 3. The molecule has 4 aliphatic carbocycles. The Labute approximate surface area is 107 Å². The van der Waals surface area contributed by atoms with E-state index in [-0.39, 0.29) is 0 Å². The lowest BCUT2D eigenvalue weighted by Gasteiger charge is -2.58. The summed E-state index contributed by atoms with van der Waals surface area (Å²) in [5.74, 6) is 2.82. The molecule has 1 aromatic heterocycles. The lowest BCUT2D eigenvalue weighted by molar-refractivity contribution is -0.172. The summed E-state index contributed by atoms with van der Waals surface area (Å²) in [5.41, 5.74) is 0.455. The van der Waals surface area contributed by atoms with Gasteiger partial charge >= 0.3 is 0 Å². The highest BCUT2D eigenvalue weighted by Crippen LogP contribution is 2.58. The topological polar surface area (TPSA) is 50.9 Å². The number of aliphatic hydroxyl groups is 1. The van der Waals surface area contributed by atoms with E-state index in [0.29, 0.717) is 18.3 Å². The van der Waals surface area contributed by atoms with Gasteiger partial charge in [-0.15, -0.1) is 5.10 Å². The predicted octanol–water partition coefficient (Wildman–Crippen LogP) is 1.54. The molecule has 0 aliphatic heterocycles. The van der Waals surface area contributed by atoms with E-state index >= 15 is 0 Å². The van der Waals surface area contributed by atoms with E-state index in [1.807, 2.05) is 13.2 Å². The molecule has 0 atom stereocenters. The van der Waals surface area contributed by atoms with Gasteiger partial charge in [0.05, 0.1) is 11.3 Å². The first-order valence-corrected chi connectivity index (χ1v) is 7.21. The SMILES string of the molecule is Cn1cc(CC2(O)C3CC4CC(C3)CC2C4)nn1. The van der Waals surface area contributed by atoms with Crippen molar-refractivity contribution in [1.82, 2.24) is 15.0 Å². The molecular weight excluding hydrogens is 226 g/mol. The van der Waals surface area contributed by atoms with Crippen LogP contribution in [0.25, 0.3) is 0 Å². The quantitative estimate of drug-likeness (QED) is 0.862. The van der Waals surface area contributed by atoms with Gasteiger partial charge in [-0.1, -0.05) is 5.21 Å². The fourth-order valence-corrected chi connectivity index (χ4v) is 5.06. The minimum Gasteiger partial charge on any atom is -0.389 e. The Morgan fingerprint density at radius 2 is 1.83 bits per heavy atom. The Balaban J connectivity index is 1.62. The molecule has 0 radical (unpaired) electrons. The zero-order valence-corrected chi connectivity index (χ0v) is 10.9. The number of aromatic nitrogens is 3. The van der Waals surface area contributed by atoms with Crippen molar-refractivity contribution in [2.24, 2.45) is 30.7 Å². The van der Waals surface area contributed by atoms with Gasteiger partial charge in [0.1, 0.15) is 0 Å². The first-order chi connectivity index (χ1) is 8.63. The van der Waals surface area contributed by atoms with Crippen LogP contribution in [0.2, 0.25) is 0 Å². The van der Waals surface area contributed by atoms with Gasteiger partial charge in [-0.3, -0.25) is 4.68 Å². The second-order valence-corrected chi connectivity index (χ2v) is 6.86. The Morgan fingerprint density at radius 3 is 2.33 bits per heavy atom. The molecule has 98 valence electrons. The molecule has 0 unspecified atom stereocenters. The van der Waals surface area contributed by atoms with Gasteiger partial charge in [0, 0.05) is 19.7 Å². The van der Waals surface area contributed by atoms with E-state index in [0.717, 1.165) is 17.5 Å². The van der Waals surface area contributed by atoms with Crippen molar-refractivity contribution in [3.8, 4) is 0 Å². The molecule has 4 aliphatic rings. The van der Waals surface area contributed by atoms with Crippen molar-refractivity contribution in [3.63, 3.8) is 0 Å². The van der Waals surface area contributed by atoms with Gasteiger partial charge < -0.3 is 5.11 Å². The second-order valence-electron chi connectivity index (χ2n) is 6.86. The van der Waals surface area contributed by atoms with E-state index < -0.39 is 5.60 Å². The standard InChI is InChI=1S/C14H21N3O/c1-17-8-13(15-16-17)7-14(18)11-3-9-2-10(5-11)6-12(14)4-9/h8-12,18H,2-7H2,1H3. The summed E-state index contributed by atoms with van der Waals surface area (Å²) in [4.78, 5) is 0. The minimum absolute atomic E-state index is 0.497. The van der Waals surface area contributed by atoms with Crippen molar-refractivity contribution in [2.75, 3.05) is 0 Å². The molecule has 0 amide bonds. The Morgan fingerprint density at radius 1 is 1.22 bits per heavy atom. The van der Waals surface area contributed by atoms with Crippen LogP contribution in [-0.4, -0.2) is 25.7 Å². The summed E-state index contributed by atoms with van der Waals surface area (Å²) in [6.07, 6.45) is 9.04. The fraction of sp³-hybridized carbons (Fsp3) is 0.857. The summed E-state index contributed by atoms with van der Waals surface area (Å²) >= 11 is 0. The average molecular weight is 247 g/mol. The van der Waals surface area contributed by atoms with Crippen molar-refractivity contribution < 1.29 is 5.11 Å². The van der Waals surface area contributed by atoms with Gasteiger partial charge in [0.15, 0.2) is 0 Å². The van der Waals surface area contributed by atoms with Crippen LogP contribution in [0.5, 0.6) is 0 Å². The van der Waals surface area contributed by atoms with Gasteiger partial charge in [-0.25, -0.2) is 0 Å². The highest BCUT2D eigenvalue weighted by molar-refractivity contribution is 5.11. The van der Waals surface area contributed by atoms with Crippen molar-refractivity contribution in [3.05, 3.63) is 11.9 Å². The number of rotatable bonds is 2. The predicted molar refractivity (Wildman–Crippen MR) is 66.7 cm³/mol. The summed E-state index contributed by atoms with van der Waals surface area (Å²) in [5, 5.41) is 19.3. The highest BCUT2D eigenvalue weighted by atomic mass is 16.3. The van der Waals surface area contributed by atoms with Gasteiger partial charge in [0.2, 0.25) is 0 Å². The van der Waals surface area contributed by atoms with Gasteiger partial charge in [-0.05, 0) is 55.8 Å². The molecule has 4 fully saturated rings. The van der Waals surface area contributed by atoms with E-state index in [9.17, 15) is 5.11 Å². The number of hydrogen-bond donors (Lipinski definition) is 1. The third kappa shape index (κ3) is 1.48. The summed E-state index contributed by atoms with van der Waals surface area (Å²) in [6.45, 7) is 0. The van der Waals surface area contributed by atoms with E-state index in [1.165, 1.54) is 32.1 Å². The first-order valence-electron chi connectivity index (χ1n) is 7.21. The Hall–Kier alpha value is -0.900. The van der Waals surface area contributed by atoms with Crippen molar-refractivity contribution in [1.29, 1.82) is 0 Å². The number of hydrogen-bond acceptors (Lipinski definition) is 3. The Kier molecular flexibility index (Phi) is 2.17. The zero-order chi connectivity index (χ0) is 12.3. The van der Waals surface area contributed by atoms with Crippen LogP contribution in [0.4, 0.5) is 0 Å². The summed E-state index contributed by atoms with van der Waals surface area (Å²) in [6, 6.07) is 0. The molecule has 4 nitrogen and oxygen atoms in total. The van der Waals surface area contributed by atoms with Crippen LogP contribution in [-0.2, 0) is 13.5 Å². The molecule has 1 heterocycles. The fourth-order valence-electron chi connectivity index (χ4n) is 5.06. The minimum atomic E-state index is -0.497. The van der Waals surface area contributed by atoms with Crippen molar-refractivity contribution >= 4 is 0 Å². The van der Waals surface area contributed by atoms with Crippen LogP contribution in [0.1, 0.15) is 37.8 Å². The molecule has 0 spiro atoms. The molecule has 1 N–H and O–H groups in total. The molecule has 0 aromatic carbocycles. The first kappa shape index (κ1) is 11.0. The van der Waals surface area contributed by atoms with E-state index in [2.05, 4.69) is 10.3 Å². The molecule has 5 rings (SSSR count). The highest BCUT2D eigenvalue weighted by Gasteiger charge is 2.56. The van der Waals surface area contributed by atoms with Gasteiger partial charge in [0.25, 0.3) is 0 Å². The Bertz CT molecular complexity index is 439. The largest absolute Gasteiger partial charge is 0.389 e. The van der Waals surface area contributed by atoms with E-state index in [1.54, 1.807) is 4.68 Å². The lowest BCUT2D eigenvalue weighted by Crippen LogP contribution is -2.58. The second kappa shape index (κ2) is 3.56. The molecule has 4 saturated carbocycles. The van der Waals surface area contributed by atoms with Crippen LogP contribution in [0, 0.1) is 23.7 Å². The maximum Gasteiger partial charge on any atom is 0.0855 e. The van der Waals surface area contributed by atoms with Crippen LogP contribution in [0.3, 0.4) is 0 Å². The third-order valence-electron chi connectivity index (χ3n) is 5.67. The molecule has 4 heteroatoms. The van der Waals surface area contributed by atoms with Crippen LogP contribution >= 0.6 is 0 Å². The molecule has 18 heavy (non-hydrogen) atoms. The number of aryl methyl sites for hydroxylation is 1. The van der Waals surface area contributed by atoms with E-state index in [4.69, 9.17) is 0 Å². The lowest BCUT2D eigenvalue weighted by atomic mass is 9.49.